The maximum absolute atomic E-state index is 12.2. The van der Waals surface area contributed by atoms with Gasteiger partial charge in [-0.1, -0.05) is 6.07 Å². The molecule has 0 spiro atoms. The van der Waals surface area contributed by atoms with Gasteiger partial charge >= 0.3 is 6.18 Å². The third-order valence-electron chi connectivity index (χ3n) is 2.96. The molecule has 0 unspecified atom stereocenters. The second-order valence-electron chi connectivity index (χ2n) is 4.92. The van der Waals surface area contributed by atoms with Crippen LogP contribution in [0.3, 0.4) is 0 Å². The Balaban J connectivity index is 2.37. The van der Waals surface area contributed by atoms with E-state index in [0.717, 1.165) is 11.1 Å². The van der Waals surface area contributed by atoms with Crippen LogP contribution in [0.2, 0.25) is 0 Å². The van der Waals surface area contributed by atoms with Gasteiger partial charge in [-0.2, -0.15) is 13.2 Å². The molecular weight excluding hydrogens is 295 g/mol. The van der Waals surface area contributed by atoms with E-state index >= 15 is 0 Å². The van der Waals surface area contributed by atoms with E-state index in [4.69, 9.17) is 4.74 Å². The maximum Gasteiger partial charge on any atom is 0.422 e. The molecule has 0 fully saturated rings. The number of hydrogen-bond donors (Lipinski definition) is 0. The lowest BCUT2D eigenvalue weighted by Gasteiger charge is -2.13. The molecule has 0 amide bonds. The van der Waals surface area contributed by atoms with Crippen molar-refractivity contribution in [1.29, 1.82) is 0 Å². The number of ketones is 1. The number of aryl methyl sites for hydroxylation is 1. The Kier molecular flexibility index (Phi) is 4.49. The molecule has 3 nitrogen and oxygen atoms in total. The number of carbonyl (C=O) groups is 1. The number of Topliss-reactive ketones (excluding diaryl/α,β-unsaturated/α-hetero) is 1. The minimum absolute atomic E-state index is 0.0748. The molecule has 0 saturated heterocycles. The van der Waals surface area contributed by atoms with Crippen LogP contribution in [0.15, 0.2) is 36.7 Å². The molecule has 22 heavy (non-hydrogen) atoms. The lowest BCUT2D eigenvalue weighted by Crippen LogP contribution is -2.20. The number of halogens is 3. The van der Waals surface area contributed by atoms with E-state index in [2.05, 4.69) is 4.98 Å². The van der Waals surface area contributed by atoms with Gasteiger partial charge in [0.05, 0.1) is 5.56 Å². The second kappa shape index (κ2) is 6.17. The molecule has 0 aliphatic carbocycles. The van der Waals surface area contributed by atoms with Gasteiger partial charge in [0.25, 0.3) is 0 Å². The van der Waals surface area contributed by atoms with Gasteiger partial charge in [0.1, 0.15) is 5.75 Å². The molecule has 0 aliphatic heterocycles. The van der Waals surface area contributed by atoms with Crippen molar-refractivity contribution in [3.63, 3.8) is 0 Å². The molecule has 1 heterocycles. The van der Waals surface area contributed by atoms with E-state index in [9.17, 15) is 18.0 Å². The average Bonchev–Trinajstić information content (AvgIpc) is 2.44. The first-order chi connectivity index (χ1) is 10.3. The van der Waals surface area contributed by atoms with Crippen molar-refractivity contribution in [2.75, 3.05) is 6.61 Å². The fourth-order valence-corrected chi connectivity index (χ4v) is 1.98. The van der Waals surface area contributed by atoms with Crippen molar-refractivity contribution in [3.05, 3.63) is 47.8 Å². The number of ether oxygens (including phenoxy) is 1. The third-order valence-corrected chi connectivity index (χ3v) is 2.96. The number of pyridine rings is 1. The van der Waals surface area contributed by atoms with Crippen LogP contribution in [-0.2, 0) is 0 Å². The molecule has 0 bridgehead atoms. The summed E-state index contributed by atoms with van der Waals surface area (Å²) in [6.45, 7) is 1.73. The van der Waals surface area contributed by atoms with E-state index in [1.807, 2.05) is 13.0 Å². The normalized spacial score (nSPS) is 11.3. The Labute approximate surface area is 125 Å². The van der Waals surface area contributed by atoms with Crippen molar-refractivity contribution in [2.24, 2.45) is 0 Å². The minimum atomic E-state index is -4.45. The summed E-state index contributed by atoms with van der Waals surface area (Å²) >= 11 is 0. The number of alkyl halides is 3. The average molecular weight is 309 g/mol. The zero-order chi connectivity index (χ0) is 16.3. The van der Waals surface area contributed by atoms with Crippen LogP contribution in [0.4, 0.5) is 13.2 Å². The van der Waals surface area contributed by atoms with Crippen LogP contribution in [0.1, 0.15) is 22.8 Å². The second-order valence-corrected chi connectivity index (χ2v) is 4.92. The zero-order valence-corrected chi connectivity index (χ0v) is 12.1. The van der Waals surface area contributed by atoms with E-state index < -0.39 is 12.8 Å². The predicted octanol–water partition coefficient (Wildman–Crippen LogP) is 4.20. The van der Waals surface area contributed by atoms with Gasteiger partial charge in [-0.05, 0) is 43.2 Å². The van der Waals surface area contributed by atoms with Crippen LogP contribution < -0.4 is 4.74 Å². The molecule has 1 aromatic heterocycles. The maximum atomic E-state index is 12.2. The molecular formula is C16H14F3NO2. The number of rotatable bonds is 4. The van der Waals surface area contributed by atoms with E-state index in [1.54, 1.807) is 18.5 Å². The Morgan fingerprint density at radius 1 is 1.18 bits per heavy atom. The van der Waals surface area contributed by atoms with Crippen LogP contribution in [0.5, 0.6) is 5.75 Å². The van der Waals surface area contributed by atoms with Crippen molar-refractivity contribution < 1.29 is 22.7 Å². The third kappa shape index (κ3) is 4.07. The molecule has 6 heteroatoms. The molecule has 116 valence electrons. The van der Waals surface area contributed by atoms with Crippen molar-refractivity contribution in [2.45, 2.75) is 20.0 Å². The van der Waals surface area contributed by atoms with Crippen LogP contribution >= 0.6 is 0 Å². The standard InChI is InChI=1S/C16H14F3NO2/c1-10-5-13(8-20-7-10)12-3-4-15(14(6-12)11(2)21)22-9-16(17,18)19/h3-8H,9H2,1-2H3. The van der Waals surface area contributed by atoms with Crippen molar-refractivity contribution in [3.8, 4) is 16.9 Å². The van der Waals surface area contributed by atoms with Gasteiger partial charge in [-0.25, -0.2) is 0 Å². The van der Waals surface area contributed by atoms with E-state index in [0.29, 0.717) is 5.56 Å². The molecule has 0 saturated carbocycles. The number of carbonyl (C=O) groups excluding carboxylic acids is 1. The Hall–Kier alpha value is -2.37. The largest absolute Gasteiger partial charge is 0.483 e. The van der Waals surface area contributed by atoms with Crippen LogP contribution in [-0.4, -0.2) is 23.6 Å². The van der Waals surface area contributed by atoms with Crippen molar-refractivity contribution >= 4 is 5.78 Å². The smallest absolute Gasteiger partial charge is 0.422 e. The highest BCUT2D eigenvalue weighted by atomic mass is 19.4. The Morgan fingerprint density at radius 2 is 1.91 bits per heavy atom. The SMILES string of the molecule is CC(=O)c1cc(-c2cncc(C)c2)ccc1OCC(F)(F)F. The lowest BCUT2D eigenvalue weighted by atomic mass is 10.0. The Morgan fingerprint density at radius 3 is 2.50 bits per heavy atom. The van der Waals surface area contributed by atoms with Crippen LogP contribution in [0.25, 0.3) is 11.1 Å². The minimum Gasteiger partial charge on any atom is -0.483 e. The van der Waals surface area contributed by atoms with Gasteiger partial charge in [0.15, 0.2) is 12.4 Å². The fourth-order valence-electron chi connectivity index (χ4n) is 1.98. The molecule has 0 N–H and O–H groups in total. The summed E-state index contributed by atoms with van der Waals surface area (Å²) in [4.78, 5) is 15.7. The summed E-state index contributed by atoms with van der Waals surface area (Å²) in [6.07, 6.45) is -1.13. The van der Waals surface area contributed by atoms with Crippen LogP contribution in [0, 0.1) is 6.92 Å². The first kappa shape index (κ1) is 16.0. The highest BCUT2D eigenvalue weighted by Crippen LogP contribution is 2.28. The van der Waals surface area contributed by atoms with Gasteiger partial charge < -0.3 is 4.74 Å². The first-order valence-corrected chi connectivity index (χ1v) is 6.53. The van der Waals surface area contributed by atoms with Gasteiger partial charge in [-0.15, -0.1) is 0 Å². The molecule has 0 atom stereocenters. The summed E-state index contributed by atoms with van der Waals surface area (Å²) in [5.74, 6) is -0.436. The molecule has 0 radical (unpaired) electrons. The highest BCUT2D eigenvalue weighted by molar-refractivity contribution is 5.98. The summed E-state index contributed by atoms with van der Waals surface area (Å²) in [6, 6.07) is 6.38. The number of nitrogens with zero attached hydrogens (tertiary/aromatic N) is 1. The number of hydrogen-bond acceptors (Lipinski definition) is 3. The molecule has 2 rings (SSSR count). The van der Waals surface area contributed by atoms with Gasteiger partial charge in [0.2, 0.25) is 0 Å². The summed E-state index contributed by atoms with van der Waals surface area (Å²) < 4.78 is 41.4. The lowest BCUT2D eigenvalue weighted by molar-refractivity contribution is -0.153. The summed E-state index contributed by atoms with van der Waals surface area (Å²) in [5, 5.41) is 0. The highest BCUT2D eigenvalue weighted by Gasteiger charge is 2.29. The first-order valence-electron chi connectivity index (χ1n) is 6.53. The Bertz CT molecular complexity index is 696. The quantitative estimate of drug-likeness (QED) is 0.795. The van der Waals surface area contributed by atoms with Gasteiger partial charge in [0, 0.05) is 18.0 Å². The fraction of sp³-hybridized carbons (Fsp3) is 0.250. The topological polar surface area (TPSA) is 39.2 Å². The molecule has 2 aromatic rings. The monoisotopic (exact) mass is 309 g/mol. The predicted molar refractivity (Wildman–Crippen MR) is 76.0 cm³/mol. The van der Waals surface area contributed by atoms with E-state index in [-0.39, 0.29) is 17.1 Å². The zero-order valence-electron chi connectivity index (χ0n) is 12.1. The number of aromatic nitrogens is 1. The van der Waals surface area contributed by atoms with Gasteiger partial charge in [-0.3, -0.25) is 9.78 Å². The molecule has 0 aliphatic rings. The van der Waals surface area contributed by atoms with Crippen molar-refractivity contribution in [1.82, 2.24) is 4.98 Å². The number of benzene rings is 1. The summed E-state index contributed by atoms with van der Waals surface area (Å²) in [5.41, 5.74) is 2.54. The van der Waals surface area contributed by atoms with E-state index in [1.165, 1.54) is 19.1 Å². The summed E-state index contributed by atoms with van der Waals surface area (Å²) in [7, 11) is 0. The molecule has 1 aromatic carbocycles.